The van der Waals surface area contributed by atoms with Gasteiger partial charge in [-0.3, -0.25) is 4.79 Å². The number of hydrogen-bond donors (Lipinski definition) is 1. The summed E-state index contributed by atoms with van der Waals surface area (Å²) in [5.41, 5.74) is 0. The largest absolute Gasteiger partial charge is 0.356 e. The highest BCUT2D eigenvalue weighted by atomic mass is 16.1. The molecule has 2 radical (unpaired) electrons. The van der Waals surface area contributed by atoms with Crippen molar-refractivity contribution in [2.75, 3.05) is 6.54 Å². The van der Waals surface area contributed by atoms with Crippen LogP contribution in [0, 0.1) is 19.3 Å². The highest BCUT2D eigenvalue weighted by molar-refractivity contribution is 5.78. The van der Waals surface area contributed by atoms with Crippen molar-refractivity contribution in [2.45, 2.75) is 32.1 Å². The van der Waals surface area contributed by atoms with Crippen molar-refractivity contribution in [1.82, 2.24) is 5.32 Å². The van der Waals surface area contributed by atoms with E-state index in [-0.39, 0.29) is 7.43 Å². The fourth-order valence-electron chi connectivity index (χ4n) is 2.34. The Balaban J connectivity index is 0.000000720. The Morgan fingerprint density at radius 3 is 2.92 bits per heavy atom. The van der Waals surface area contributed by atoms with Crippen molar-refractivity contribution < 1.29 is 4.79 Å². The summed E-state index contributed by atoms with van der Waals surface area (Å²) in [5.74, 6) is 1.51. The maximum atomic E-state index is 11.3. The Morgan fingerprint density at radius 1 is 1.25 bits per heavy atom. The molecule has 2 fully saturated rings. The number of nitrogens with one attached hydrogen (secondary N) is 1. The smallest absolute Gasteiger partial charge is 0.223 e. The standard InChI is InChI=1S/C9H15NO.CH2/c11-9-8-3-1-2-7(6-8)4-5-10-9;/h7-8H,1-6H2,(H,10,11);1H2. The van der Waals surface area contributed by atoms with E-state index in [2.05, 4.69) is 5.32 Å². The topological polar surface area (TPSA) is 29.1 Å². The third-order valence-corrected chi connectivity index (χ3v) is 3.01. The second-order valence-corrected chi connectivity index (χ2v) is 3.81. The molecule has 12 heavy (non-hydrogen) atoms. The molecule has 1 amide bonds. The van der Waals surface area contributed by atoms with Gasteiger partial charge in [0.15, 0.2) is 0 Å². The molecule has 1 saturated heterocycles. The van der Waals surface area contributed by atoms with E-state index in [1.165, 1.54) is 19.3 Å². The molecule has 1 aliphatic carbocycles. The van der Waals surface area contributed by atoms with Crippen LogP contribution in [-0.2, 0) is 4.79 Å². The van der Waals surface area contributed by atoms with E-state index >= 15 is 0 Å². The first-order valence-electron chi connectivity index (χ1n) is 4.64. The van der Waals surface area contributed by atoms with Gasteiger partial charge in [-0.25, -0.2) is 0 Å². The van der Waals surface area contributed by atoms with Crippen molar-refractivity contribution in [3.63, 3.8) is 0 Å². The fraction of sp³-hybridized carbons (Fsp3) is 0.800. The van der Waals surface area contributed by atoms with Crippen LogP contribution in [-0.4, -0.2) is 12.5 Å². The third-order valence-electron chi connectivity index (χ3n) is 3.01. The summed E-state index contributed by atoms with van der Waals surface area (Å²) in [5, 5.41) is 2.98. The third kappa shape index (κ3) is 1.79. The van der Waals surface area contributed by atoms with E-state index in [1.54, 1.807) is 0 Å². The van der Waals surface area contributed by atoms with Crippen molar-refractivity contribution in [3.8, 4) is 0 Å². The molecule has 2 aliphatic rings. The van der Waals surface area contributed by atoms with Crippen molar-refractivity contribution >= 4 is 5.91 Å². The van der Waals surface area contributed by atoms with E-state index in [0.29, 0.717) is 11.8 Å². The summed E-state index contributed by atoms with van der Waals surface area (Å²) >= 11 is 0. The van der Waals surface area contributed by atoms with Gasteiger partial charge in [-0.2, -0.15) is 0 Å². The maximum Gasteiger partial charge on any atom is 0.223 e. The van der Waals surface area contributed by atoms with E-state index in [4.69, 9.17) is 0 Å². The molecule has 1 heterocycles. The van der Waals surface area contributed by atoms with Gasteiger partial charge in [0.1, 0.15) is 0 Å². The number of carbonyl (C=O) groups is 1. The van der Waals surface area contributed by atoms with Gasteiger partial charge >= 0.3 is 0 Å². The van der Waals surface area contributed by atoms with Crippen LogP contribution in [0.2, 0.25) is 0 Å². The molecule has 0 aromatic carbocycles. The van der Waals surface area contributed by atoms with Crippen LogP contribution in [0.1, 0.15) is 32.1 Å². The quantitative estimate of drug-likeness (QED) is 0.584. The van der Waals surface area contributed by atoms with Crippen molar-refractivity contribution in [2.24, 2.45) is 11.8 Å². The van der Waals surface area contributed by atoms with Crippen LogP contribution in [0.5, 0.6) is 0 Å². The maximum absolute atomic E-state index is 11.3. The normalized spacial score (nSPS) is 34.5. The second-order valence-electron chi connectivity index (χ2n) is 3.81. The van der Waals surface area contributed by atoms with E-state index in [0.717, 1.165) is 25.3 Å². The van der Waals surface area contributed by atoms with Crippen molar-refractivity contribution in [1.29, 1.82) is 0 Å². The van der Waals surface area contributed by atoms with Crippen LogP contribution in [0.4, 0.5) is 0 Å². The van der Waals surface area contributed by atoms with Crippen LogP contribution >= 0.6 is 0 Å². The van der Waals surface area contributed by atoms with Gasteiger partial charge in [0.2, 0.25) is 5.91 Å². The van der Waals surface area contributed by atoms with E-state index in [1.807, 2.05) is 0 Å². The first kappa shape index (κ1) is 9.56. The van der Waals surface area contributed by atoms with Crippen LogP contribution in [0.15, 0.2) is 0 Å². The number of rotatable bonds is 0. The minimum absolute atomic E-state index is 0. The van der Waals surface area contributed by atoms with Crippen LogP contribution in [0.3, 0.4) is 0 Å². The molecule has 2 unspecified atom stereocenters. The van der Waals surface area contributed by atoms with Crippen LogP contribution in [0.25, 0.3) is 0 Å². The molecule has 0 aromatic heterocycles. The summed E-state index contributed by atoms with van der Waals surface area (Å²) in [7, 11) is 0. The zero-order chi connectivity index (χ0) is 7.68. The molecular weight excluding hydrogens is 150 g/mol. The molecule has 2 bridgehead atoms. The van der Waals surface area contributed by atoms with Crippen LogP contribution < -0.4 is 5.32 Å². The zero-order valence-corrected chi connectivity index (χ0v) is 7.51. The number of fused-ring (bicyclic) bond motifs is 2. The number of hydrogen-bond acceptors (Lipinski definition) is 1. The fourth-order valence-corrected chi connectivity index (χ4v) is 2.34. The molecule has 0 aromatic rings. The molecule has 2 heteroatoms. The molecule has 2 rings (SSSR count). The lowest BCUT2D eigenvalue weighted by Crippen LogP contribution is -2.29. The first-order valence-corrected chi connectivity index (χ1v) is 4.64. The highest BCUT2D eigenvalue weighted by Gasteiger charge is 2.29. The Hall–Kier alpha value is -0.530. The molecule has 1 saturated carbocycles. The molecule has 68 valence electrons. The molecule has 2 nitrogen and oxygen atoms in total. The predicted octanol–water partition coefficient (Wildman–Crippen LogP) is 1.64. The van der Waals surface area contributed by atoms with Gasteiger partial charge in [-0.1, -0.05) is 20.3 Å². The Bertz CT molecular complexity index is 167. The lowest BCUT2D eigenvalue weighted by Gasteiger charge is -2.23. The SMILES string of the molecule is O=C1NCCC2CCCC1C2.[CH2]. The van der Waals surface area contributed by atoms with Gasteiger partial charge in [0.25, 0.3) is 0 Å². The molecular formula is C10H17NO. The Labute approximate surface area is 74.7 Å². The minimum atomic E-state index is 0. The Kier molecular flexibility index (Phi) is 3.12. The lowest BCUT2D eigenvalue weighted by molar-refractivity contribution is -0.125. The summed E-state index contributed by atoms with van der Waals surface area (Å²) in [6.45, 7) is 0.917. The summed E-state index contributed by atoms with van der Waals surface area (Å²) in [6.07, 6.45) is 6.12. The molecule has 1 N–H and O–H groups in total. The molecule has 2 atom stereocenters. The Morgan fingerprint density at radius 2 is 2.08 bits per heavy atom. The minimum Gasteiger partial charge on any atom is -0.356 e. The number of carbonyl (C=O) groups excluding carboxylic acids is 1. The highest BCUT2D eigenvalue weighted by Crippen LogP contribution is 2.32. The van der Waals surface area contributed by atoms with Gasteiger partial charge in [0, 0.05) is 12.5 Å². The summed E-state index contributed by atoms with van der Waals surface area (Å²) in [6, 6.07) is 0. The number of amides is 1. The van der Waals surface area contributed by atoms with Gasteiger partial charge < -0.3 is 5.32 Å². The van der Waals surface area contributed by atoms with Gasteiger partial charge in [0.05, 0.1) is 0 Å². The molecule has 1 aliphatic heterocycles. The summed E-state index contributed by atoms with van der Waals surface area (Å²) < 4.78 is 0. The average Bonchev–Trinajstić information content (AvgIpc) is 2.14. The predicted molar refractivity (Wildman–Crippen MR) is 48.4 cm³/mol. The second kappa shape index (κ2) is 3.92. The zero-order valence-electron chi connectivity index (χ0n) is 7.51. The van der Waals surface area contributed by atoms with E-state index < -0.39 is 0 Å². The average molecular weight is 167 g/mol. The van der Waals surface area contributed by atoms with Crippen molar-refractivity contribution in [3.05, 3.63) is 7.43 Å². The first-order chi connectivity index (χ1) is 5.36. The van der Waals surface area contributed by atoms with Gasteiger partial charge in [-0.15, -0.1) is 0 Å². The monoisotopic (exact) mass is 167 g/mol. The summed E-state index contributed by atoms with van der Waals surface area (Å²) in [4.78, 5) is 11.3. The lowest BCUT2D eigenvalue weighted by atomic mass is 9.81. The van der Waals surface area contributed by atoms with E-state index in [9.17, 15) is 4.79 Å². The molecule has 0 spiro atoms. The van der Waals surface area contributed by atoms with Gasteiger partial charge in [-0.05, 0) is 25.2 Å².